The number of piperidine rings is 2. The molecular weight excluding hydrogens is 568 g/mol. The lowest BCUT2D eigenvalue weighted by Gasteiger charge is -2.58. The van der Waals surface area contributed by atoms with Gasteiger partial charge in [-0.05, 0) is 71.3 Å². The van der Waals surface area contributed by atoms with Crippen molar-refractivity contribution in [2.45, 2.75) is 120 Å². The average molecular weight is 624 g/mol. The van der Waals surface area contributed by atoms with Crippen LogP contribution in [0.1, 0.15) is 71.6 Å². The van der Waals surface area contributed by atoms with Gasteiger partial charge in [-0.15, -0.1) is 0 Å². The second-order valence-electron chi connectivity index (χ2n) is 14.2. The van der Waals surface area contributed by atoms with Gasteiger partial charge in [-0.3, -0.25) is 10.5 Å². The molecule has 11 unspecified atom stereocenters. The average Bonchev–Trinajstić information content (AvgIpc) is 3.00. The molecule has 12 nitrogen and oxygen atoms in total. The Bertz CT molecular complexity index is 1040. The number of hydrogen-bond acceptors (Lipinski definition) is 11. The summed E-state index contributed by atoms with van der Waals surface area (Å²) >= 11 is 0. The maximum Gasteiger partial charge on any atom is 0.336 e. The summed E-state index contributed by atoms with van der Waals surface area (Å²) in [6.45, 7) is 4.71. The van der Waals surface area contributed by atoms with Crippen molar-refractivity contribution in [2.24, 2.45) is 41.1 Å². The SMILES string of the molecule is CC=C(CO)C(=O)O[C@H]1CC2C(O)C3C(=O)CC(CO)OC3C(CC3CCNC(N)C3)C2O[C@@]1(C)CCC1CCC(N)[NH2+]C1. The fourth-order valence-corrected chi connectivity index (χ4v) is 8.61. The summed E-state index contributed by atoms with van der Waals surface area (Å²) in [6, 6.07) is 0. The third-order valence-corrected chi connectivity index (χ3v) is 11.3. The largest absolute Gasteiger partial charge is 0.456 e. The van der Waals surface area contributed by atoms with E-state index in [0.717, 1.165) is 51.6 Å². The molecule has 44 heavy (non-hydrogen) atoms. The Balaban J connectivity index is 1.45. The molecular formula is C32H55N4O8+. The minimum atomic E-state index is -1.04. The van der Waals surface area contributed by atoms with Crippen molar-refractivity contribution in [3.8, 4) is 0 Å². The number of nitrogens with two attached hydrogens (primary N) is 3. The van der Waals surface area contributed by atoms with Gasteiger partial charge in [0.05, 0.1) is 61.8 Å². The zero-order valence-electron chi connectivity index (χ0n) is 26.3. The fraction of sp³-hybridized carbons (Fsp3) is 0.875. The van der Waals surface area contributed by atoms with E-state index in [1.807, 2.05) is 6.92 Å². The van der Waals surface area contributed by atoms with Gasteiger partial charge in [0.15, 0.2) is 0 Å². The van der Waals surface area contributed by atoms with Gasteiger partial charge < -0.3 is 45.9 Å². The number of Topliss-reactive ketones (excluding diaryl/α,β-unsaturated/α-hetero) is 1. The van der Waals surface area contributed by atoms with E-state index >= 15 is 0 Å². The third kappa shape index (κ3) is 7.24. The fourth-order valence-electron chi connectivity index (χ4n) is 8.61. The van der Waals surface area contributed by atoms with Crippen LogP contribution in [0.3, 0.4) is 0 Å². The van der Waals surface area contributed by atoms with E-state index in [0.29, 0.717) is 18.8 Å². The van der Waals surface area contributed by atoms with E-state index in [1.54, 1.807) is 13.0 Å². The number of esters is 1. The van der Waals surface area contributed by atoms with Crippen molar-refractivity contribution >= 4 is 11.8 Å². The first-order valence-electron chi connectivity index (χ1n) is 16.8. The Morgan fingerprint density at radius 1 is 1.18 bits per heavy atom. The van der Waals surface area contributed by atoms with Crippen LogP contribution in [0.4, 0.5) is 0 Å². The standard InChI is InChI=1S/C32H54N4O8/c1-3-19(15-37)31(41)43-24-13-21-28(40)27-23(39)12-20(16-38)42-30(27)22(10-18-7-9-35-26(34)11-18)29(21)44-32(24,2)8-6-17-4-5-25(33)36-14-17/h3,17-18,20-22,24-30,35-38,40H,4-16,33-34H2,1-2H3/p+1/t17?,18?,20?,21?,22?,24-,25?,26?,27?,28?,29?,30?,32-/m0/s1. The van der Waals surface area contributed by atoms with E-state index in [1.165, 1.54) is 0 Å². The zero-order chi connectivity index (χ0) is 31.6. The summed E-state index contributed by atoms with van der Waals surface area (Å²) in [4.78, 5) is 26.6. The smallest absolute Gasteiger partial charge is 0.336 e. The van der Waals surface area contributed by atoms with E-state index in [-0.39, 0.29) is 48.6 Å². The molecule has 0 radical (unpaired) electrons. The highest BCUT2D eigenvalue weighted by Gasteiger charge is 2.61. The highest BCUT2D eigenvalue weighted by Crippen LogP contribution is 2.52. The van der Waals surface area contributed by atoms with Gasteiger partial charge in [0.2, 0.25) is 0 Å². The summed E-state index contributed by atoms with van der Waals surface area (Å²) in [5.41, 5.74) is 11.7. The summed E-state index contributed by atoms with van der Waals surface area (Å²) < 4.78 is 19.6. The number of fused-ring (bicyclic) bond motifs is 2. The molecule has 13 atom stereocenters. The number of rotatable bonds is 9. The first-order chi connectivity index (χ1) is 21.1. The van der Waals surface area contributed by atoms with Crippen LogP contribution in [0.15, 0.2) is 11.6 Å². The number of ether oxygens (including phenoxy) is 3. The number of ketones is 1. The van der Waals surface area contributed by atoms with Crippen LogP contribution in [0.2, 0.25) is 0 Å². The van der Waals surface area contributed by atoms with Gasteiger partial charge in [0, 0.05) is 30.6 Å². The maximum atomic E-state index is 13.5. The minimum absolute atomic E-state index is 0.0528. The molecule has 4 saturated heterocycles. The second kappa shape index (κ2) is 14.5. The van der Waals surface area contributed by atoms with Crippen LogP contribution in [0, 0.1) is 29.6 Å². The molecule has 0 aromatic rings. The van der Waals surface area contributed by atoms with Crippen LogP contribution in [-0.2, 0) is 23.8 Å². The Hall–Kier alpha value is -1.48. The van der Waals surface area contributed by atoms with Crippen molar-refractivity contribution in [3.63, 3.8) is 0 Å². The Morgan fingerprint density at radius 2 is 1.98 bits per heavy atom. The molecule has 5 rings (SSSR count). The first kappa shape index (κ1) is 33.9. The molecule has 4 aliphatic heterocycles. The van der Waals surface area contributed by atoms with E-state index < -0.39 is 60.5 Å². The van der Waals surface area contributed by atoms with Gasteiger partial charge in [-0.2, -0.15) is 0 Å². The zero-order valence-corrected chi connectivity index (χ0v) is 26.3. The monoisotopic (exact) mass is 623 g/mol. The first-order valence-corrected chi connectivity index (χ1v) is 16.8. The van der Waals surface area contributed by atoms with Crippen LogP contribution in [0.25, 0.3) is 0 Å². The number of allylic oxidation sites excluding steroid dienone is 1. The molecule has 1 saturated carbocycles. The predicted octanol–water partition coefficient (Wildman–Crippen LogP) is -0.961. The van der Waals surface area contributed by atoms with Crippen molar-refractivity contribution in [1.29, 1.82) is 0 Å². The summed E-state index contributed by atoms with van der Waals surface area (Å²) in [6.07, 6.45) is 4.51. The van der Waals surface area contributed by atoms with Crippen molar-refractivity contribution in [1.82, 2.24) is 5.32 Å². The minimum Gasteiger partial charge on any atom is -0.456 e. The molecule has 4 heterocycles. The lowest BCUT2D eigenvalue weighted by molar-refractivity contribution is -0.703. The van der Waals surface area contributed by atoms with Gasteiger partial charge in [0.25, 0.3) is 0 Å². The quantitative estimate of drug-likeness (QED) is 0.123. The predicted molar refractivity (Wildman–Crippen MR) is 161 cm³/mol. The number of aliphatic hydroxyl groups excluding tert-OH is 3. The molecule has 12 heteroatoms. The molecule has 0 amide bonds. The molecule has 250 valence electrons. The van der Waals surface area contributed by atoms with Crippen molar-refractivity contribution in [2.75, 3.05) is 26.3 Å². The van der Waals surface area contributed by atoms with Crippen LogP contribution >= 0.6 is 0 Å². The van der Waals surface area contributed by atoms with E-state index in [9.17, 15) is 24.9 Å². The van der Waals surface area contributed by atoms with Crippen LogP contribution in [-0.4, -0.2) is 102 Å². The number of aliphatic hydroxyl groups is 3. The van der Waals surface area contributed by atoms with Gasteiger partial charge >= 0.3 is 5.97 Å². The number of hydrogen-bond donors (Lipinski definition) is 7. The molecule has 0 aromatic heterocycles. The van der Waals surface area contributed by atoms with Crippen molar-refractivity contribution in [3.05, 3.63) is 11.6 Å². The summed E-state index contributed by atoms with van der Waals surface area (Å²) in [5, 5.41) is 37.0. The molecule has 5 aliphatic rings. The Morgan fingerprint density at radius 3 is 2.64 bits per heavy atom. The van der Waals surface area contributed by atoms with Crippen LogP contribution in [0.5, 0.6) is 0 Å². The molecule has 5 fully saturated rings. The van der Waals surface area contributed by atoms with E-state index in [4.69, 9.17) is 25.7 Å². The number of quaternary nitrogens is 1. The number of carbonyl (C=O) groups is 2. The lowest BCUT2D eigenvalue weighted by atomic mass is 9.60. The number of carbonyl (C=O) groups excluding carboxylic acids is 2. The molecule has 1 aliphatic carbocycles. The second-order valence-corrected chi connectivity index (χ2v) is 14.2. The van der Waals surface area contributed by atoms with Crippen molar-refractivity contribution < 1.29 is 44.4 Å². The summed E-state index contributed by atoms with van der Waals surface area (Å²) in [5.74, 6) is -1.37. The lowest BCUT2D eigenvalue weighted by Crippen LogP contribution is -2.95. The maximum absolute atomic E-state index is 13.5. The summed E-state index contributed by atoms with van der Waals surface area (Å²) in [7, 11) is 0. The third-order valence-electron chi connectivity index (χ3n) is 11.3. The van der Waals surface area contributed by atoms with Gasteiger partial charge in [0.1, 0.15) is 23.7 Å². The molecule has 0 aromatic carbocycles. The van der Waals surface area contributed by atoms with Gasteiger partial charge in [-0.25, -0.2) is 4.79 Å². The Labute approximate surface area is 260 Å². The highest BCUT2D eigenvalue weighted by molar-refractivity contribution is 5.88. The van der Waals surface area contributed by atoms with Crippen LogP contribution < -0.4 is 22.1 Å². The molecule has 10 N–H and O–H groups in total. The normalized spacial score (nSPS) is 44.9. The Kier molecular flexibility index (Phi) is 11.2. The topological polar surface area (TPSA) is 203 Å². The van der Waals surface area contributed by atoms with E-state index in [2.05, 4.69) is 10.6 Å². The number of nitrogens with one attached hydrogen (secondary N) is 1. The molecule has 0 spiro atoms. The van der Waals surface area contributed by atoms with Gasteiger partial charge in [-0.1, -0.05) is 6.08 Å². The highest BCUT2D eigenvalue weighted by atomic mass is 16.6. The molecule has 0 bridgehead atoms.